The lowest BCUT2D eigenvalue weighted by molar-refractivity contribution is -0.137. The number of nitrogens with one attached hydrogen (secondary N) is 3. The first-order chi connectivity index (χ1) is 17.4. The minimum atomic E-state index is -0.929. The number of amidine groups is 1. The lowest BCUT2D eigenvalue weighted by atomic mass is 9.84. The highest BCUT2D eigenvalue weighted by Crippen LogP contribution is 2.33. The van der Waals surface area contributed by atoms with E-state index in [9.17, 15) is 19.5 Å². The standard InChI is InChI=1S/C28H36N4O5/c1-7-21(27(35)36)31-22-10-9-16(11-20(22)28(3,4)5)23(33)15-32-14-17-12-24(37-8-2)19(26(34)30-6)13-18(17)25(32)29/h9-13,21,29,31H,7-8,14-15H2,1-6H3,(H,30,34)(H,35,36). The molecule has 3 rings (SSSR count). The van der Waals surface area contributed by atoms with Crippen LogP contribution < -0.4 is 15.4 Å². The Balaban J connectivity index is 1.86. The Morgan fingerprint density at radius 1 is 1.16 bits per heavy atom. The van der Waals surface area contributed by atoms with Crippen LogP contribution in [0.2, 0.25) is 0 Å². The molecule has 0 saturated heterocycles. The van der Waals surface area contributed by atoms with Crippen molar-refractivity contribution < 1.29 is 24.2 Å². The molecule has 0 bridgehead atoms. The first-order valence-electron chi connectivity index (χ1n) is 12.4. The molecule has 1 heterocycles. The largest absolute Gasteiger partial charge is 0.493 e. The maximum atomic E-state index is 13.3. The number of carbonyl (C=O) groups excluding carboxylic acids is 2. The van der Waals surface area contributed by atoms with Crippen LogP contribution in [0.1, 0.15) is 78.4 Å². The number of benzene rings is 2. The van der Waals surface area contributed by atoms with Crippen molar-refractivity contribution in [2.24, 2.45) is 0 Å². The topological polar surface area (TPSA) is 132 Å². The lowest BCUT2D eigenvalue weighted by Gasteiger charge is -2.26. The van der Waals surface area contributed by atoms with Gasteiger partial charge in [0.05, 0.1) is 18.7 Å². The molecule has 2 aromatic rings. The summed E-state index contributed by atoms with van der Waals surface area (Å²) in [6, 6.07) is 7.95. The zero-order valence-electron chi connectivity index (χ0n) is 22.3. The van der Waals surface area contributed by atoms with Crippen LogP contribution in [-0.2, 0) is 16.8 Å². The van der Waals surface area contributed by atoms with E-state index in [1.807, 2.05) is 33.8 Å². The summed E-state index contributed by atoms with van der Waals surface area (Å²) in [5.74, 6) is -0.757. The van der Waals surface area contributed by atoms with Gasteiger partial charge < -0.3 is 25.4 Å². The molecular formula is C28H36N4O5. The maximum absolute atomic E-state index is 13.3. The van der Waals surface area contributed by atoms with Crippen molar-refractivity contribution in [2.75, 3.05) is 25.5 Å². The Morgan fingerprint density at radius 3 is 2.43 bits per heavy atom. The Hall–Kier alpha value is -3.88. The van der Waals surface area contributed by atoms with Crippen LogP contribution in [0.3, 0.4) is 0 Å². The molecule has 1 unspecified atom stereocenters. The van der Waals surface area contributed by atoms with E-state index in [2.05, 4.69) is 10.6 Å². The zero-order valence-corrected chi connectivity index (χ0v) is 22.3. The molecule has 37 heavy (non-hydrogen) atoms. The van der Waals surface area contributed by atoms with E-state index in [1.165, 1.54) is 7.05 Å². The quantitative estimate of drug-likeness (QED) is 0.356. The highest BCUT2D eigenvalue weighted by atomic mass is 16.5. The summed E-state index contributed by atoms with van der Waals surface area (Å²) >= 11 is 0. The van der Waals surface area contributed by atoms with Crippen LogP contribution >= 0.6 is 0 Å². The number of nitrogens with zero attached hydrogens (tertiary/aromatic N) is 1. The molecule has 1 atom stereocenters. The summed E-state index contributed by atoms with van der Waals surface area (Å²) in [4.78, 5) is 38.9. The average Bonchev–Trinajstić information content (AvgIpc) is 3.14. The number of carboxylic acid groups (broad SMARTS) is 1. The van der Waals surface area contributed by atoms with Gasteiger partial charge in [-0.05, 0) is 60.2 Å². The molecule has 0 spiro atoms. The Labute approximate surface area is 217 Å². The summed E-state index contributed by atoms with van der Waals surface area (Å²) in [7, 11) is 1.54. The predicted octanol–water partition coefficient (Wildman–Crippen LogP) is 4.04. The smallest absolute Gasteiger partial charge is 0.326 e. The monoisotopic (exact) mass is 508 g/mol. The van der Waals surface area contributed by atoms with Gasteiger partial charge in [0, 0.05) is 30.4 Å². The van der Waals surface area contributed by atoms with E-state index in [0.717, 1.165) is 11.1 Å². The van der Waals surface area contributed by atoms with Gasteiger partial charge in [0.15, 0.2) is 5.78 Å². The van der Waals surface area contributed by atoms with Crippen LogP contribution in [0.5, 0.6) is 5.75 Å². The van der Waals surface area contributed by atoms with E-state index in [0.29, 0.717) is 47.7 Å². The first-order valence-corrected chi connectivity index (χ1v) is 12.4. The summed E-state index contributed by atoms with van der Waals surface area (Å²) in [6.07, 6.45) is 0.421. The summed E-state index contributed by atoms with van der Waals surface area (Å²) in [5, 5.41) is 23.8. The van der Waals surface area contributed by atoms with E-state index < -0.39 is 12.0 Å². The number of ether oxygens (including phenoxy) is 1. The molecule has 0 radical (unpaired) electrons. The highest BCUT2D eigenvalue weighted by molar-refractivity contribution is 6.07. The van der Waals surface area contributed by atoms with Gasteiger partial charge in [-0.25, -0.2) is 4.79 Å². The molecule has 4 N–H and O–H groups in total. The maximum Gasteiger partial charge on any atom is 0.326 e. The van der Waals surface area contributed by atoms with Gasteiger partial charge in [-0.1, -0.05) is 27.7 Å². The van der Waals surface area contributed by atoms with E-state index in [4.69, 9.17) is 10.1 Å². The minimum Gasteiger partial charge on any atom is -0.493 e. The normalized spacial score (nSPS) is 13.7. The van der Waals surface area contributed by atoms with Crippen molar-refractivity contribution >= 4 is 29.2 Å². The van der Waals surface area contributed by atoms with Crippen LogP contribution in [0.25, 0.3) is 0 Å². The van der Waals surface area contributed by atoms with Crippen LogP contribution in [0, 0.1) is 5.41 Å². The van der Waals surface area contributed by atoms with Crippen LogP contribution in [0.4, 0.5) is 5.69 Å². The van der Waals surface area contributed by atoms with Gasteiger partial charge in [-0.15, -0.1) is 0 Å². The second-order valence-corrected chi connectivity index (χ2v) is 10.1. The second-order valence-electron chi connectivity index (χ2n) is 10.1. The molecule has 1 aliphatic heterocycles. The van der Waals surface area contributed by atoms with Gasteiger partial charge in [0.25, 0.3) is 5.91 Å². The molecule has 0 saturated carbocycles. The van der Waals surface area contributed by atoms with E-state index >= 15 is 0 Å². The van der Waals surface area contributed by atoms with Crippen LogP contribution in [0.15, 0.2) is 30.3 Å². The molecule has 1 aliphatic rings. The number of fused-ring (bicyclic) bond motifs is 1. The number of hydrogen-bond donors (Lipinski definition) is 4. The fourth-order valence-corrected chi connectivity index (χ4v) is 4.41. The second kappa shape index (κ2) is 11.0. The number of rotatable bonds is 10. The zero-order chi connectivity index (χ0) is 27.5. The number of amides is 1. The Kier molecular flexibility index (Phi) is 8.25. The number of aliphatic carboxylic acids is 1. The van der Waals surface area contributed by atoms with Crippen molar-refractivity contribution in [2.45, 2.75) is 59.0 Å². The molecule has 0 aromatic heterocycles. The molecule has 9 heteroatoms. The third-order valence-corrected chi connectivity index (χ3v) is 6.43. The van der Waals surface area contributed by atoms with E-state index in [1.54, 1.807) is 36.1 Å². The third-order valence-electron chi connectivity index (χ3n) is 6.43. The van der Waals surface area contributed by atoms with E-state index in [-0.39, 0.29) is 29.5 Å². The fraction of sp³-hybridized carbons (Fsp3) is 0.429. The van der Waals surface area contributed by atoms with Gasteiger partial charge in [-0.3, -0.25) is 15.0 Å². The highest BCUT2D eigenvalue weighted by Gasteiger charge is 2.30. The van der Waals surface area contributed by atoms with Crippen molar-refractivity contribution in [3.63, 3.8) is 0 Å². The Bertz CT molecular complexity index is 1230. The van der Waals surface area contributed by atoms with Gasteiger partial charge in [-0.2, -0.15) is 0 Å². The SMILES string of the molecule is CCOc1cc2c(cc1C(=O)NC)C(=N)N(CC(=O)c1ccc(NC(CC)C(=O)O)c(C(C)(C)C)c1)C2. The summed E-state index contributed by atoms with van der Waals surface area (Å²) in [6.45, 7) is 10.4. The predicted molar refractivity (Wildman–Crippen MR) is 143 cm³/mol. The van der Waals surface area contributed by atoms with Gasteiger partial charge in [0.1, 0.15) is 17.6 Å². The molecule has 1 amide bonds. The molecule has 9 nitrogen and oxygen atoms in total. The molecule has 0 fully saturated rings. The van der Waals surface area contributed by atoms with Crippen molar-refractivity contribution in [3.8, 4) is 5.75 Å². The molecule has 198 valence electrons. The third kappa shape index (κ3) is 5.93. The fourth-order valence-electron chi connectivity index (χ4n) is 4.41. The number of carbonyl (C=O) groups is 3. The van der Waals surface area contributed by atoms with Crippen LogP contribution in [-0.4, -0.2) is 59.7 Å². The van der Waals surface area contributed by atoms with Crippen molar-refractivity contribution in [1.29, 1.82) is 5.41 Å². The molecular weight excluding hydrogens is 472 g/mol. The number of anilines is 1. The summed E-state index contributed by atoms with van der Waals surface area (Å²) < 4.78 is 5.65. The summed E-state index contributed by atoms with van der Waals surface area (Å²) in [5.41, 5.74) is 3.46. The number of carboxylic acids is 1. The number of ketones is 1. The number of Topliss-reactive ketones (excluding diaryl/α,β-unsaturated/α-hetero) is 1. The van der Waals surface area contributed by atoms with Crippen molar-refractivity contribution in [1.82, 2.24) is 10.2 Å². The van der Waals surface area contributed by atoms with Gasteiger partial charge >= 0.3 is 5.97 Å². The minimum absolute atomic E-state index is 0.00411. The molecule has 0 aliphatic carbocycles. The van der Waals surface area contributed by atoms with Crippen molar-refractivity contribution in [3.05, 3.63) is 58.1 Å². The van der Waals surface area contributed by atoms with Gasteiger partial charge in [0.2, 0.25) is 0 Å². The lowest BCUT2D eigenvalue weighted by Crippen LogP contribution is -2.31. The Morgan fingerprint density at radius 2 is 1.86 bits per heavy atom. The average molecular weight is 509 g/mol. The first kappa shape index (κ1) is 27.7. The number of hydrogen-bond acceptors (Lipinski definition) is 6. The molecule has 2 aromatic carbocycles.